The number of nitrogens with one attached hydrogen (secondary N) is 1. The molecule has 0 radical (unpaired) electrons. The predicted octanol–water partition coefficient (Wildman–Crippen LogP) is 6.31. The second-order valence-corrected chi connectivity index (χ2v) is 10.8. The quantitative estimate of drug-likeness (QED) is 0.398. The summed E-state index contributed by atoms with van der Waals surface area (Å²) in [5.41, 5.74) is 3.20. The topological polar surface area (TPSA) is 79.0 Å². The van der Waals surface area contributed by atoms with Gasteiger partial charge in [0.2, 0.25) is 5.91 Å². The van der Waals surface area contributed by atoms with Gasteiger partial charge >= 0.3 is 0 Å². The molecule has 1 saturated heterocycles. The molecule has 2 aromatic carbocycles. The third-order valence-corrected chi connectivity index (χ3v) is 7.36. The Hall–Kier alpha value is -3.59. The van der Waals surface area contributed by atoms with Gasteiger partial charge in [-0.2, -0.15) is 0 Å². The number of ether oxygens (including phenoxy) is 1. The number of anilines is 2. The predicted molar refractivity (Wildman–Crippen MR) is 151 cm³/mol. The molecule has 0 aliphatic carbocycles. The van der Waals surface area contributed by atoms with Gasteiger partial charge in [0.05, 0.1) is 17.1 Å². The van der Waals surface area contributed by atoms with Crippen molar-refractivity contribution in [2.75, 3.05) is 29.9 Å². The number of fused-ring (bicyclic) bond motifs is 1. The van der Waals surface area contributed by atoms with Crippen LogP contribution in [0.1, 0.15) is 52.2 Å². The monoisotopic (exact) mass is 537 g/mol. The fourth-order valence-electron chi connectivity index (χ4n) is 4.78. The number of rotatable bonds is 8. The van der Waals surface area contributed by atoms with Crippen molar-refractivity contribution in [1.82, 2.24) is 4.90 Å². The standard InChI is InChI=1S/C29H32FN3O4S/c1-6-12-33-24-15-23(30)19(13-22(24)18(3)16-29(33,4)5)14-25-27(35)32(28(36)38-25)17-26(34)31-20-8-10-21(11-9-20)37-7-2/h8-11,13-16H,6-7,12,17H2,1-5H3,(H,31,34)/b25-14+. The smallest absolute Gasteiger partial charge is 0.294 e. The minimum absolute atomic E-state index is 0.0749. The summed E-state index contributed by atoms with van der Waals surface area (Å²) >= 11 is 0.698. The third kappa shape index (κ3) is 5.62. The van der Waals surface area contributed by atoms with Crippen LogP contribution >= 0.6 is 11.8 Å². The lowest BCUT2D eigenvalue weighted by molar-refractivity contribution is -0.127. The summed E-state index contributed by atoms with van der Waals surface area (Å²) in [5.74, 6) is -0.948. The molecule has 0 spiro atoms. The van der Waals surface area contributed by atoms with Crippen LogP contribution in [0.4, 0.5) is 20.6 Å². The van der Waals surface area contributed by atoms with Gasteiger partial charge in [0, 0.05) is 29.0 Å². The Bertz CT molecular complexity index is 1330. The fraction of sp³-hybridized carbons (Fsp3) is 0.345. The van der Waals surface area contributed by atoms with Crippen LogP contribution in [0, 0.1) is 5.82 Å². The summed E-state index contributed by atoms with van der Waals surface area (Å²) in [6.45, 7) is 11.0. The fourth-order valence-corrected chi connectivity index (χ4v) is 5.61. The van der Waals surface area contributed by atoms with Crippen LogP contribution in [0.15, 0.2) is 47.4 Å². The van der Waals surface area contributed by atoms with E-state index in [9.17, 15) is 14.4 Å². The lowest BCUT2D eigenvalue weighted by Crippen LogP contribution is -2.45. The molecule has 200 valence electrons. The van der Waals surface area contributed by atoms with Crippen LogP contribution in [0.3, 0.4) is 0 Å². The molecule has 3 amide bonds. The van der Waals surface area contributed by atoms with Crippen molar-refractivity contribution >= 4 is 51.8 Å². The Morgan fingerprint density at radius 1 is 1.16 bits per heavy atom. The van der Waals surface area contributed by atoms with Gasteiger partial charge in [0.1, 0.15) is 18.1 Å². The van der Waals surface area contributed by atoms with E-state index in [1.165, 1.54) is 12.1 Å². The Morgan fingerprint density at radius 3 is 2.53 bits per heavy atom. The molecule has 7 nitrogen and oxygen atoms in total. The van der Waals surface area contributed by atoms with Crippen LogP contribution in [0.25, 0.3) is 11.6 Å². The molecule has 9 heteroatoms. The van der Waals surface area contributed by atoms with E-state index in [1.807, 2.05) is 13.8 Å². The molecule has 2 heterocycles. The zero-order chi connectivity index (χ0) is 27.6. The van der Waals surface area contributed by atoms with E-state index in [0.717, 1.165) is 34.7 Å². The Kier molecular flexibility index (Phi) is 7.97. The van der Waals surface area contributed by atoms with Gasteiger partial charge in [-0.3, -0.25) is 19.3 Å². The van der Waals surface area contributed by atoms with Crippen LogP contribution in [0.5, 0.6) is 5.75 Å². The number of imide groups is 1. The molecule has 4 rings (SSSR count). The molecule has 2 aliphatic heterocycles. The minimum atomic E-state index is -0.625. The molecular weight excluding hydrogens is 505 g/mol. The first-order valence-corrected chi connectivity index (χ1v) is 13.4. The summed E-state index contributed by atoms with van der Waals surface area (Å²) in [6, 6.07) is 10.0. The number of nitrogens with zero attached hydrogens (tertiary/aromatic N) is 2. The number of halogens is 1. The van der Waals surface area contributed by atoms with E-state index in [0.29, 0.717) is 29.8 Å². The molecule has 1 N–H and O–H groups in total. The highest BCUT2D eigenvalue weighted by molar-refractivity contribution is 8.18. The number of carbonyl (C=O) groups is 3. The van der Waals surface area contributed by atoms with E-state index >= 15 is 4.39 Å². The first-order valence-electron chi connectivity index (χ1n) is 12.6. The van der Waals surface area contributed by atoms with Gasteiger partial charge in [-0.15, -0.1) is 0 Å². The number of amides is 3. The van der Waals surface area contributed by atoms with Gasteiger partial charge in [-0.05, 0) is 93.9 Å². The summed E-state index contributed by atoms with van der Waals surface area (Å²) < 4.78 is 20.7. The molecule has 0 bridgehead atoms. The summed E-state index contributed by atoms with van der Waals surface area (Å²) in [4.78, 5) is 41.2. The average Bonchev–Trinajstić information content (AvgIpc) is 3.11. The van der Waals surface area contributed by atoms with Crippen molar-refractivity contribution in [3.8, 4) is 5.75 Å². The third-order valence-electron chi connectivity index (χ3n) is 6.45. The van der Waals surface area contributed by atoms with E-state index < -0.39 is 29.4 Å². The number of hydrogen-bond acceptors (Lipinski definition) is 6. The number of thioether (sulfide) groups is 1. The van der Waals surface area contributed by atoms with Crippen molar-refractivity contribution in [3.63, 3.8) is 0 Å². The van der Waals surface area contributed by atoms with Crippen molar-refractivity contribution in [3.05, 3.63) is 64.3 Å². The number of hydrogen-bond donors (Lipinski definition) is 1. The second-order valence-electron chi connectivity index (χ2n) is 9.80. The minimum Gasteiger partial charge on any atom is -0.494 e. The Balaban J connectivity index is 1.52. The van der Waals surface area contributed by atoms with E-state index in [1.54, 1.807) is 30.3 Å². The molecule has 38 heavy (non-hydrogen) atoms. The largest absolute Gasteiger partial charge is 0.494 e. The second kappa shape index (κ2) is 11.0. The van der Waals surface area contributed by atoms with Crippen LogP contribution in [-0.4, -0.2) is 47.2 Å². The molecule has 0 saturated carbocycles. The summed E-state index contributed by atoms with van der Waals surface area (Å²) in [5, 5.41) is 2.10. The molecular formula is C29H32FN3O4S. The van der Waals surface area contributed by atoms with Crippen molar-refractivity contribution in [2.24, 2.45) is 0 Å². The average molecular weight is 538 g/mol. The zero-order valence-corrected chi connectivity index (χ0v) is 23.1. The molecule has 0 unspecified atom stereocenters. The Morgan fingerprint density at radius 2 is 1.87 bits per heavy atom. The van der Waals surface area contributed by atoms with Gasteiger partial charge < -0.3 is 15.0 Å². The maximum absolute atomic E-state index is 15.3. The van der Waals surface area contributed by atoms with Gasteiger partial charge in [0.25, 0.3) is 11.1 Å². The van der Waals surface area contributed by atoms with Crippen LogP contribution in [0.2, 0.25) is 0 Å². The van der Waals surface area contributed by atoms with Crippen molar-refractivity contribution in [2.45, 2.75) is 46.6 Å². The highest BCUT2D eigenvalue weighted by Gasteiger charge is 2.37. The lowest BCUT2D eigenvalue weighted by Gasteiger charge is -2.43. The molecule has 0 atom stereocenters. The SMILES string of the molecule is CCCN1c2cc(F)c(/C=C3/SC(=O)N(CC(=O)Nc4ccc(OCC)cc4)C3=O)cc2C(C)=CC1(C)C. The van der Waals surface area contributed by atoms with E-state index in [4.69, 9.17) is 4.74 Å². The number of benzene rings is 2. The zero-order valence-electron chi connectivity index (χ0n) is 22.3. The van der Waals surface area contributed by atoms with Gasteiger partial charge in [-0.1, -0.05) is 13.0 Å². The molecule has 2 aromatic rings. The van der Waals surface area contributed by atoms with Crippen molar-refractivity contribution < 1.29 is 23.5 Å². The van der Waals surface area contributed by atoms with Crippen LogP contribution < -0.4 is 15.0 Å². The van der Waals surface area contributed by atoms with Crippen LogP contribution in [-0.2, 0) is 9.59 Å². The van der Waals surface area contributed by atoms with E-state index in [2.05, 4.69) is 37.1 Å². The maximum atomic E-state index is 15.3. The normalized spacial score (nSPS) is 17.5. The highest BCUT2D eigenvalue weighted by atomic mass is 32.2. The molecule has 0 aromatic heterocycles. The lowest BCUT2D eigenvalue weighted by atomic mass is 9.87. The Labute approximate surface area is 226 Å². The first kappa shape index (κ1) is 27.4. The highest BCUT2D eigenvalue weighted by Crippen LogP contribution is 2.41. The van der Waals surface area contributed by atoms with Crippen molar-refractivity contribution in [1.29, 1.82) is 0 Å². The molecule has 2 aliphatic rings. The maximum Gasteiger partial charge on any atom is 0.294 e. The van der Waals surface area contributed by atoms with Gasteiger partial charge in [0.15, 0.2) is 0 Å². The number of allylic oxidation sites excluding steroid dienone is 1. The molecule has 1 fully saturated rings. The van der Waals surface area contributed by atoms with E-state index in [-0.39, 0.29) is 16.0 Å². The summed E-state index contributed by atoms with van der Waals surface area (Å²) in [6.07, 6.45) is 4.46. The number of carbonyl (C=O) groups excluding carboxylic acids is 3. The summed E-state index contributed by atoms with van der Waals surface area (Å²) in [7, 11) is 0. The van der Waals surface area contributed by atoms with Gasteiger partial charge in [-0.25, -0.2) is 4.39 Å². The first-order chi connectivity index (χ1) is 18.0.